The van der Waals surface area contributed by atoms with E-state index in [0.717, 1.165) is 44.6 Å². The molecule has 3 rings (SSSR count). The van der Waals surface area contributed by atoms with E-state index in [9.17, 15) is 0 Å². The van der Waals surface area contributed by atoms with Crippen LogP contribution in [0.15, 0.2) is 42.7 Å². The Morgan fingerprint density at radius 2 is 1.81 bits per heavy atom. The second-order valence-electron chi connectivity index (χ2n) is 6.53. The molecule has 1 aromatic carbocycles. The van der Waals surface area contributed by atoms with Crippen molar-refractivity contribution < 1.29 is 9.47 Å². The third-order valence-electron chi connectivity index (χ3n) is 4.48. The molecular formula is C22H30ClNO2. The molecule has 0 spiro atoms. The fourth-order valence-corrected chi connectivity index (χ4v) is 3.31. The summed E-state index contributed by atoms with van der Waals surface area (Å²) in [6.45, 7) is 8.30. The van der Waals surface area contributed by atoms with E-state index in [4.69, 9.17) is 21.1 Å². The van der Waals surface area contributed by atoms with Gasteiger partial charge in [0.2, 0.25) is 0 Å². The molecule has 142 valence electrons. The van der Waals surface area contributed by atoms with Gasteiger partial charge in [0, 0.05) is 37.6 Å². The van der Waals surface area contributed by atoms with Gasteiger partial charge in [-0.2, -0.15) is 0 Å². The SMILES string of the molecule is CCC1Cc2ccccc2[C@@H]1Oc1ccncc1Cl.CCCOCCC. The van der Waals surface area contributed by atoms with E-state index in [-0.39, 0.29) is 6.10 Å². The average Bonchev–Trinajstić information content (AvgIpc) is 3.02. The van der Waals surface area contributed by atoms with Gasteiger partial charge >= 0.3 is 0 Å². The summed E-state index contributed by atoms with van der Waals surface area (Å²) in [6.07, 6.45) is 7.89. The fraction of sp³-hybridized carbons (Fsp3) is 0.500. The lowest BCUT2D eigenvalue weighted by Crippen LogP contribution is -2.13. The molecule has 26 heavy (non-hydrogen) atoms. The van der Waals surface area contributed by atoms with Crippen LogP contribution in [0, 0.1) is 5.92 Å². The molecule has 0 radical (unpaired) electrons. The summed E-state index contributed by atoms with van der Waals surface area (Å²) in [4.78, 5) is 3.99. The van der Waals surface area contributed by atoms with Crippen LogP contribution in [-0.4, -0.2) is 18.2 Å². The zero-order valence-electron chi connectivity index (χ0n) is 16.1. The number of aromatic nitrogens is 1. The molecular weight excluding hydrogens is 346 g/mol. The zero-order chi connectivity index (χ0) is 18.8. The third-order valence-corrected chi connectivity index (χ3v) is 4.77. The van der Waals surface area contributed by atoms with E-state index >= 15 is 0 Å². The van der Waals surface area contributed by atoms with Crippen LogP contribution < -0.4 is 4.74 Å². The van der Waals surface area contributed by atoms with Gasteiger partial charge in [0.25, 0.3) is 0 Å². The van der Waals surface area contributed by atoms with Gasteiger partial charge in [0.1, 0.15) is 16.9 Å². The lowest BCUT2D eigenvalue weighted by Gasteiger charge is -2.21. The monoisotopic (exact) mass is 375 g/mol. The number of hydrogen-bond acceptors (Lipinski definition) is 3. The Balaban J connectivity index is 0.000000298. The minimum atomic E-state index is 0.0982. The first kappa shape index (κ1) is 20.7. The number of ether oxygens (including phenoxy) is 2. The highest BCUT2D eigenvalue weighted by atomic mass is 35.5. The topological polar surface area (TPSA) is 31.4 Å². The molecule has 0 saturated carbocycles. The molecule has 0 fully saturated rings. The largest absolute Gasteiger partial charge is 0.484 e. The second kappa shape index (κ2) is 11.2. The van der Waals surface area contributed by atoms with Crippen LogP contribution in [0.1, 0.15) is 57.3 Å². The van der Waals surface area contributed by atoms with E-state index in [0.29, 0.717) is 10.9 Å². The van der Waals surface area contributed by atoms with Crippen molar-refractivity contribution >= 4 is 11.6 Å². The van der Waals surface area contributed by atoms with Gasteiger partial charge in [0.15, 0.2) is 0 Å². The number of halogens is 1. The highest BCUT2D eigenvalue weighted by molar-refractivity contribution is 6.31. The highest BCUT2D eigenvalue weighted by Gasteiger charge is 2.33. The first-order valence-electron chi connectivity index (χ1n) is 9.62. The first-order chi connectivity index (χ1) is 12.7. The molecule has 2 aromatic rings. The van der Waals surface area contributed by atoms with Gasteiger partial charge in [-0.3, -0.25) is 4.98 Å². The molecule has 1 aliphatic rings. The Morgan fingerprint density at radius 3 is 2.46 bits per heavy atom. The molecule has 0 aliphatic heterocycles. The van der Waals surface area contributed by atoms with Crippen LogP contribution in [0.4, 0.5) is 0 Å². The van der Waals surface area contributed by atoms with Gasteiger partial charge in [-0.25, -0.2) is 0 Å². The summed E-state index contributed by atoms with van der Waals surface area (Å²) in [5, 5.41) is 0.571. The van der Waals surface area contributed by atoms with Gasteiger partial charge in [0.05, 0.1) is 0 Å². The summed E-state index contributed by atoms with van der Waals surface area (Å²) < 4.78 is 11.3. The van der Waals surface area contributed by atoms with Crippen molar-refractivity contribution in [1.29, 1.82) is 0 Å². The van der Waals surface area contributed by atoms with E-state index in [1.807, 2.05) is 6.07 Å². The van der Waals surface area contributed by atoms with Crippen molar-refractivity contribution in [3.8, 4) is 5.75 Å². The lowest BCUT2D eigenvalue weighted by molar-refractivity contribution is 0.135. The first-order valence-corrected chi connectivity index (χ1v) is 10.0. The van der Waals surface area contributed by atoms with Gasteiger partial charge in [-0.15, -0.1) is 0 Å². The van der Waals surface area contributed by atoms with Crippen LogP contribution in [0.3, 0.4) is 0 Å². The number of nitrogens with zero attached hydrogens (tertiary/aromatic N) is 1. The molecule has 0 amide bonds. The molecule has 3 nitrogen and oxygen atoms in total. The lowest BCUT2D eigenvalue weighted by atomic mass is 10.0. The Bertz CT molecular complexity index is 658. The summed E-state index contributed by atoms with van der Waals surface area (Å²) >= 11 is 6.13. The van der Waals surface area contributed by atoms with Crippen molar-refractivity contribution in [1.82, 2.24) is 4.98 Å². The number of pyridine rings is 1. The van der Waals surface area contributed by atoms with Crippen LogP contribution in [0.5, 0.6) is 5.75 Å². The van der Waals surface area contributed by atoms with Crippen molar-refractivity contribution in [2.45, 2.75) is 52.6 Å². The Labute approximate surface area is 162 Å². The molecule has 2 atom stereocenters. The predicted molar refractivity (Wildman–Crippen MR) is 108 cm³/mol. The van der Waals surface area contributed by atoms with E-state index < -0.39 is 0 Å². The number of rotatable bonds is 7. The van der Waals surface area contributed by atoms with E-state index in [2.05, 4.69) is 50.0 Å². The maximum atomic E-state index is 6.16. The maximum Gasteiger partial charge on any atom is 0.141 e. The molecule has 0 bridgehead atoms. The maximum absolute atomic E-state index is 6.16. The normalized spacial score (nSPS) is 18.0. The summed E-state index contributed by atoms with van der Waals surface area (Å²) in [5.74, 6) is 1.23. The number of hydrogen-bond donors (Lipinski definition) is 0. The summed E-state index contributed by atoms with van der Waals surface area (Å²) in [6, 6.07) is 10.3. The fourth-order valence-electron chi connectivity index (χ4n) is 3.14. The third kappa shape index (κ3) is 5.72. The van der Waals surface area contributed by atoms with Crippen molar-refractivity contribution in [3.63, 3.8) is 0 Å². The minimum absolute atomic E-state index is 0.0982. The standard InChI is InChI=1S/C16H16ClNO.C6H14O/c1-2-11-9-12-5-3-4-6-13(12)16(11)19-15-7-8-18-10-14(15)17;1-3-5-7-6-4-2/h3-8,10-11,16H,2,9H2,1H3;3-6H2,1-2H3/t11?,16-;/m1./s1. The van der Waals surface area contributed by atoms with Gasteiger partial charge in [-0.1, -0.05) is 56.6 Å². The molecule has 1 unspecified atom stereocenters. The van der Waals surface area contributed by atoms with Crippen LogP contribution >= 0.6 is 11.6 Å². The number of fused-ring (bicyclic) bond motifs is 1. The van der Waals surface area contributed by atoms with Crippen molar-refractivity contribution in [3.05, 3.63) is 58.9 Å². The van der Waals surface area contributed by atoms with Crippen LogP contribution in [0.2, 0.25) is 5.02 Å². The minimum Gasteiger partial charge on any atom is -0.484 e. The van der Waals surface area contributed by atoms with Crippen LogP contribution in [0.25, 0.3) is 0 Å². The average molecular weight is 376 g/mol. The van der Waals surface area contributed by atoms with Crippen molar-refractivity contribution in [2.75, 3.05) is 13.2 Å². The van der Waals surface area contributed by atoms with Gasteiger partial charge in [-0.05, 0) is 36.8 Å². The highest BCUT2D eigenvalue weighted by Crippen LogP contribution is 2.41. The molecule has 0 saturated heterocycles. The van der Waals surface area contributed by atoms with E-state index in [1.54, 1.807) is 12.4 Å². The Morgan fingerprint density at radius 1 is 1.08 bits per heavy atom. The Hall–Kier alpha value is -1.58. The smallest absolute Gasteiger partial charge is 0.141 e. The number of benzene rings is 1. The summed E-state index contributed by atoms with van der Waals surface area (Å²) in [5.41, 5.74) is 2.69. The Kier molecular flexibility index (Phi) is 8.93. The molecule has 1 aromatic heterocycles. The molecule has 0 N–H and O–H groups in total. The molecule has 1 heterocycles. The molecule has 4 heteroatoms. The second-order valence-corrected chi connectivity index (χ2v) is 6.94. The predicted octanol–water partition coefficient (Wildman–Crippen LogP) is 6.26. The quantitative estimate of drug-likeness (QED) is 0.535. The molecule has 1 aliphatic carbocycles. The zero-order valence-corrected chi connectivity index (χ0v) is 16.8. The van der Waals surface area contributed by atoms with Gasteiger partial charge < -0.3 is 9.47 Å². The summed E-state index contributed by atoms with van der Waals surface area (Å²) in [7, 11) is 0. The van der Waals surface area contributed by atoms with Crippen LogP contribution in [-0.2, 0) is 11.2 Å². The van der Waals surface area contributed by atoms with Crippen molar-refractivity contribution in [2.24, 2.45) is 5.92 Å². The van der Waals surface area contributed by atoms with E-state index in [1.165, 1.54) is 11.1 Å².